The monoisotopic (exact) mass is 318 g/mol. The van der Waals surface area contributed by atoms with Crippen LogP contribution in [0.4, 0.5) is 0 Å². The van der Waals surface area contributed by atoms with Crippen LogP contribution in [0.2, 0.25) is 0 Å². The SMILES string of the molecule is Cc1c(CCC(=O)O)c2cccccc-2c1C(=O)c1ccccc1. The first-order valence-electron chi connectivity index (χ1n) is 7.91. The molecule has 3 heteroatoms. The van der Waals surface area contributed by atoms with Crippen molar-refractivity contribution in [3.63, 3.8) is 0 Å². The topological polar surface area (TPSA) is 54.4 Å². The van der Waals surface area contributed by atoms with Crippen molar-refractivity contribution in [1.29, 1.82) is 0 Å². The summed E-state index contributed by atoms with van der Waals surface area (Å²) >= 11 is 0. The van der Waals surface area contributed by atoms with E-state index in [4.69, 9.17) is 5.11 Å². The lowest BCUT2D eigenvalue weighted by Gasteiger charge is -2.03. The summed E-state index contributed by atoms with van der Waals surface area (Å²) in [4.78, 5) is 24.0. The average molecular weight is 318 g/mol. The number of rotatable bonds is 5. The number of benzene rings is 1. The minimum absolute atomic E-state index is 0.0223. The van der Waals surface area contributed by atoms with Crippen LogP contribution in [0.1, 0.15) is 33.5 Å². The van der Waals surface area contributed by atoms with E-state index in [1.165, 1.54) is 0 Å². The van der Waals surface area contributed by atoms with Gasteiger partial charge in [0.05, 0.1) is 0 Å². The molecule has 0 saturated carbocycles. The summed E-state index contributed by atoms with van der Waals surface area (Å²) in [5.74, 6) is -0.856. The molecule has 120 valence electrons. The molecule has 0 spiro atoms. The zero-order valence-corrected chi connectivity index (χ0v) is 13.5. The number of carboxylic acids is 1. The highest BCUT2D eigenvalue weighted by molar-refractivity contribution is 6.15. The maximum atomic E-state index is 13.0. The third-order valence-corrected chi connectivity index (χ3v) is 4.31. The van der Waals surface area contributed by atoms with E-state index in [-0.39, 0.29) is 12.2 Å². The van der Waals surface area contributed by atoms with Crippen molar-refractivity contribution in [2.75, 3.05) is 0 Å². The molecule has 1 aromatic rings. The Hall–Kier alpha value is -2.94. The molecule has 3 nitrogen and oxygen atoms in total. The van der Waals surface area contributed by atoms with Gasteiger partial charge in [0.2, 0.25) is 0 Å². The van der Waals surface area contributed by atoms with Crippen LogP contribution in [-0.4, -0.2) is 16.9 Å². The lowest BCUT2D eigenvalue weighted by molar-refractivity contribution is -0.136. The lowest BCUT2D eigenvalue weighted by Crippen LogP contribution is -2.03. The van der Waals surface area contributed by atoms with Gasteiger partial charge in [-0.25, -0.2) is 0 Å². The zero-order chi connectivity index (χ0) is 17.1. The third-order valence-electron chi connectivity index (χ3n) is 4.31. The molecule has 0 unspecified atom stereocenters. The molecule has 2 aliphatic rings. The number of carboxylic acid groups (broad SMARTS) is 1. The van der Waals surface area contributed by atoms with Crippen LogP contribution < -0.4 is 0 Å². The number of ketones is 1. The van der Waals surface area contributed by atoms with Gasteiger partial charge in [0, 0.05) is 17.5 Å². The molecule has 0 aromatic heterocycles. The summed E-state index contributed by atoms with van der Waals surface area (Å²) in [7, 11) is 0. The Labute approximate surface area is 140 Å². The maximum Gasteiger partial charge on any atom is 0.303 e. The quantitative estimate of drug-likeness (QED) is 0.712. The number of carbonyl (C=O) groups excluding carboxylic acids is 1. The van der Waals surface area contributed by atoms with Crippen molar-refractivity contribution in [2.45, 2.75) is 19.8 Å². The predicted molar refractivity (Wildman–Crippen MR) is 93.6 cm³/mol. The molecule has 0 bridgehead atoms. The molecule has 24 heavy (non-hydrogen) atoms. The second-order valence-electron chi connectivity index (χ2n) is 5.81. The van der Waals surface area contributed by atoms with Gasteiger partial charge in [0.25, 0.3) is 0 Å². The zero-order valence-electron chi connectivity index (χ0n) is 13.5. The van der Waals surface area contributed by atoms with Gasteiger partial charge >= 0.3 is 5.97 Å². The summed E-state index contributed by atoms with van der Waals surface area (Å²) in [6.45, 7) is 1.91. The molecule has 0 aliphatic heterocycles. The van der Waals surface area contributed by atoms with Crippen LogP contribution in [0, 0.1) is 6.92 Å². The molecule has 0 fully saturated rings. The Kier molecular flexibility index (Phi) is 4.43. The van der Waals surface area contributed by atoms with Gasteiger partial charge in [-0.15, -0.1) is 0 Å². The van der Waals surface area contributed by atoms with Crippen molar-refractivity contribution < 1.29 is 14.7 Å². The van der Waals surface area contributed by atoms with E-state index in [9.17, 15) is 9.59 Å². The van der Waals surface area contributed by atoms with E-state index in [0.717, 1.165) is 22.3 Å². The molecule has 0 amide bonds. The molecule has 0 heterocycles. The van der Waals surface area contributed by atoms with Gasteiger partial charge in [0.15, 0.2) is 5.78 Å². The highest BCUT2D eigenvalue weighted by Gasteiger charge is 2.25. The number of hydrogen-bond donors (Lipinski definition) is 1. The summed E-state index contributed by atoms with van der Waals surface area (Å²) in [5.41, 5.74) is 4.98. The van der Waals surface area contributed by atoms with Crippen molar-refractivity contribution in [3.05, 3.63) is 82.9 Å². The normalized spacial score (nSPS) is 10.7. The van der Waals surface area contributed by atoms with Crippen molar-refractivity contribution in [1.82, 2.24) is 0 Å². The maximum absolute atomic E-state index is 13.0. The number of fused-ring (bicyclic) bond motifs is 1. The summed E-state index contributed by atoms with van der Waals surface area (Å²) in [5, 5.41) is 9.01. The Morgan fingerprint density at radius 2 is 1.46 bits per heavy atom. The second kappa shape index (κ2) is 6.67. The highest BCUT2D eigenvalue weighted by atomic mass is 16.4. The first kappa shape index (κ1) is 15.9. The minimum atomic E-state index is -0.833. The third kappa shape index (κ3) is 2.93. The molecule has 1 N–H and O–H groups in total. The Bertz CT molecular complexity index is 866. The average Bonchev–Trinajstić information content (AvgIpc) is 2.72. The number of aliphatic carboxylic acids is 1. The van der Waals surface area contributed by atoms with E-state index < -0.39 is 5.97 Å². The van der Waals surface area contributed by atoms with Crippen LogP contribution in [0.15, 0.2) is 60.7 Å². The Balaban J connectivity index is 2.16. The molecule has 0 radical (unpaired) electrons. The van der Waals surface area contributed by atoms with Gasteiger partial charge in [-0.2, -0.15) is 0 Å². The summed E-state index contributed by atoms with van der Waals surface area (Å²) in [6.07, 6.45) is 0.473. The molecule has 0 saturated heterocycles. The minimum Gasteiger partial charge on any atom is -0.481 e. The van der Waals surface area contributed by atoms with Crippen molar-refractivity contribution in [2.24, 2.45) is 0 Å². The van der Waals surface area contributed by atoms with Gasteiger partial charge < -0.3 is 5.11 Å². The van der Waals surface area contributed by atoms with E-state index in [1.54, 1.807) is 12.1 Å². The highest BCUT2D eigenvalue weighted by Crippen LogP contribution is 2.38. The Morgan fingerprint density at radius 1 is 0.875 bits per heavy atom. The molecular weight excluding hydrogens is 300 g/mol. The van der Waals surface area contributed by atoms with Crippen LogP contribution >= 0.6 is 0 Å². The van der Waals surface area contributed by atoms with Crippen molar-refractivity contribution in [3.8, 4) is 11.1 Å². The summed E-state index contributed by atoms with van der Waals surface area (Å²) in [6, 6.07) is 18.8. The van der Waals surface area contributed by atoms with Gasteiger partial charge in [-0.3, -0.25) is 9.59 Å². The number of hydrogen-bond acceptors (Lipinski definition) is 2. The van der Waals surface area contributed by atoms with E-state index in [1.807, 2.05) is 55.5 Å². The molecule has 0 atom stereocenters. The van der Waals surface area contributed by atoms with E-state index in [0.29, 0.717) is 17.5 Å². The fourth-order valence-electron chi connectivity index (χ4n) is 3.16. The standard InChI is InChI=1S/C21H18O3/c1-14-16(12-13-19(22)23)17-10-6-3-7-11-18(17)20(14)21(24)15-8-4-2-5-9-15/h2-11H,12-13H2,1H3,(H,22,23). The van der Waals surface area contributed by atoms with Crippen molar-refractivity contribution >= 4 is 11.8 Å². The van der Waals surface area contributed by atoms with E-state index in [2.05, 4.69) is 0 Å². The van der Waals surface area contributed by atoms with Crippen LogP contribution in [0.5, 0.6) is 0 Å². The second-order valence-corrected chi connectivity index (χ2v) is 5.81. The van der Waals surface area contributed by atoms with Gasteiger partial charge in [-0.1, -0.05) is 60.7 Å². The van der Waals surface area contributed by atoms with Gasteiger partial charge in [-0.05, 0) is 35.6 Å². The fourth-order valence-corrected chi connectivity index (χ4v) is 3.16. The molecule has 1 aromatic carbocycles. The molecule has 2 aliphatic carbocycles. The molecular formula is C21H18O3. The Morgan fingerprint density at radius 3 is 2.08 bits per heavy atom. The first-order valence-corrected chi connectivity index (χ1v) is 7.91. The van der Waals surface area contributed by atoms with Crippen LogP contribution in [-0.2, 0) is 11.2 Å². The first-order chi connectivity index (χ1) is 11.6. The van der Waals surface area contributed by atoms with Crippen LogP contribution in [0.25, 0.3) is 11.1 Å². The fraction of sp³-hybridized carbons (Fsp3) is 0.143. The molecule has 3 rings (SSSR count). The largest absolute Gasteiger partial charge is 0.481 e. The smallest absolute Gasteiger partial charge is 0.303 e. The predicted octanol–water partition coefficient (Wildman–Crippen LogP) is 4.35. The van der Waals surface area contributed by atoms with E-state index >= 15 is 0 Å². The number of carbonyl (C=O) groups is 2. The van der Waals surface area contributed by atoms with Crippen LogP contribution in [0.3, 0.4) is 0 Å². The summed E-state index contributed by atoms with van der Waals surface area (Å²) < 4.78 is 0. The lowest BCUT2D eigenvalue weighted by atomic mass is 9.99. The van der Waals surface area contributed by atoms with Gasteiger partial charge in [0.1, 0.15) is 0 Å².